The van der Waals surface area contributed by atoms with Gasteiger partial charge in [-0.25, -0.2) is 4.98 Å². The number of nitrogens with zero attached hydrogens (tertiary/aromatic N) is 2. The summed E-state index contributed by atoms with van der Waals surface area (Å²) in [5.74, 6) is 2.14. The van der Waals surface area contributed by atoms with Crippen LogP contribution >= 0.6 is 11.8 Å². The fraction of sp³-hybridized carbons (Fsp3) is 0.474. The van der Waals surface area contributed by atoms with Gasteiger partial charge in [-0.15, -0.1) is 11.8 Å². The second kappa shape index (κ2) is 7.01. The molecule has 4 nitrogen and oxygen atoms in total. The maximum Gasteiger partial charge on any atom is 0.232 e. The third-order valence-electron chi connectivity index (χ3n) is 5.11. The first kappa shape index (κ1) is 15.8. The van der Waals surface area contributed by atoms with Gasteiger partial charge in [-0.05, 0) is 55.4 Å². The number of carbonyl (C=O) groups is 1. The van der Waals surface area contributed by atoms with Crippen molar-refractivity contribution < 1.29 is 4.79 Å². The minimum absolute atomic E-state index is 0.247. The standard InChI is InChI=1S/C19H23N3OS/c23-18(13-24-17-7-6-14-3-1-4-15(14)11-17)22-10-2-5-16(12-22)19-20-8-9-21-19/h6-9,11,16H,1-5,10,12-13H2,(H,20,21). The summed E-state index contributed by atoms with van der Waals surface area (Å²) in [5, 5.41) is 0. The zero-order chi connectivity index (χ0) is 16.4. The predicted octanol–water partition coefficient (Wildman–Crippen LogP) is 3.40. The molecule has 1 saturated heterocycles. The summed E-state index contributed by atoms with van der Waals surface area (Å²) in [7, 11) is 0. The summed E-state index contributed by atoms with van der Waals surface area (Å²) in [4.78, 5) is 23.4. The van der Waals surface area contributed by atoms with Gasteiger partial charge in [0, 0.05) is 36.3 Å². The predicted molar refractivity (Wildman–Crippen MR) is 96.3 cm³/mol. The summed E-state index contributed by atoms with van der Waals surface area (Å²) in [6, 6.07) is 6.69. The number of amides is 1. The summed E-state index contributed by atoms with van der Waals surface area (Å²) in [6.45, 7) is 1.66. The first-order valence-electron chi connectivity index (χ1n) is 8.81. The van der Waals surface area contributed by atoms with Crippen molar-refractivity contribution in [2.75, 3.05) is 18.8 Å². The van der Waals surface area contributed by atoms with Crippen molar-refractivity contribution >= 4 is 17.7 Å². The number of nitrogens with one attached hydrogen (secondary N) is 1. The number of thioether (sulfide) groups is 1. The molecule has 1 aromatic heterocycles. The van der Waals surface area contributed by atoms with E-state index in [1.54, 1.807) is 18.0 Å². The van der Waals surface area contributed by atoms with Crippen LogP contribution in [0.2, 0.25) is 0 Å². The Morgan fingerprint density at radius 1 is 1.29 bits per heavy atom. The minimum Gasteiger partial charge on any atom is -0.348 e. The third-order valence-corrected chi connectivity index (χ3v) is 6.09. The lowest BCUT2D eigenvalue weighted by atomic mass is 9.97. The summed E-state index contributed by atoms with van der Waals surface area (Å²) < 4.78 is 0. The lowest BCUT2D eigenvalue weighted by molar-refractivity contribution is -0.129. The Kier molecular flexibility index (Phi) is 4.60. The largest absolute Gasteiger partial charge is 0.348 e. The van der Waals surface area contributed by atoms with Crippen molar-refractivity contribution in [1.82, 2.24) is 14.9 Å². The van der Waals surface area contributed by atoms with E-state index in [-0.39, 0.29) is 5.91 Å². The molecule has 0 spiro atoms. The Hall–Kier alpha value is -1.75. The third kappa shape index (κ3) is 3.36. The topological polar surface area (TPSA) is 49.0 Å². The molecule has 0 radical (unpaired) electrons. The van der Waals surface area contributed by atoms with Crippen LogP contribution in [0.25, 0.3) is 0 Å². The van der Waals surface area contributed by atoms with Crippen molar-refractivity contribution in [3.05, 3.63) is 47.5 Å². The summed E-state index contributed by atoms with van der Waals surface area (Å²) >= 11 is 1.67. The Labute approximate surface area is 147 Å². The highest BCUT2D eigenvalue weighted by Gasteiger charge is 2.26. The van der Waals surface area contributed by atoms with Gasteiger partial charge in [0.15, 0.2) is 0 Å². The van der Waals surface area contributed by atoms with Gasteiger partial charge in [-0.2, -0.15) is 0 Å². The van der Waals surface area contributed by atoms with Gasteiger partial charge in [-0.3, -0.25) is 4.79 Å². The highest BCUT2D eigenvalue weighted by Crippen LogP contribution is 2.29. The van der Waals surface area contributed by atoms with Gasteiger partial charge < -0.3 is 9.88 Å². The van der Waals surface area contributed by atoms with Gasteiger partial charge in [-0.1, -0.05) is 6.07 Å². The molecule has 4 rings (SSSR count). The highest BCUT2D eigenvalue weighted by molar-refractivity contribution is 8.00. The number of imidazole rings is 1. The van der Waals surface area contributed by atoms with Crippen LogP contribution in [-0.2, 0) is 17.6 Å². The normalized spacial score (nSPS) is 20.2. The molecule has 1 N–H and O–H groups in total. The van der Waals surface area contributed by atoms with Gasteiger partial charge in [0.1, 0.15) is 5.82 Å². The molecule has 2 heterocycles. The number of aryl methyl sites for hydroxylation is 2. The van der Waals surface area contributed by atoms with E-state index in [0.29, 0.717) is 11.7 Å². The van der Waals surface area contributed by atoms with Crippen molar-refractivity contribution in [2.24, 2.45) is 0 Å². The number of fused-ring (bicyclic) bond motifs is 1. The number of H-pyrrole nitrogens is 1. The average molecular weight is 341 g/mol. The zero-order valence-corrected chi connectivity index (χ0v) is 14.6. The van der Waals surface area contributed by atoms with Crippen molar-refractivity contribution in [1.29, 1.82) is 0 Å². The lowest BCUT2D eigenvalue weighted by Crippen LogP contribution is -2.40. The molecule has 5 heteroatoms. The van der Waals surface area contributed by atoms with E-state index < -0.39 is 0 Å². The van der Waals surface area contributed by atoms with E-state index in [2.05, 4.69) is 28.2 Å². The molecule has 0 bridgehead atoms. The SMILES string of the molecule is O=C(CSc1ccc2c(c1)CCC2)N1CCCC(c2ncc[nH]2)C1. The van der Waals surface area contributed by atoms with Gasteiger partial charge >= 0.3 is 0 Å². The molecule has 2 aromatic rings. The maximum atomic E-state index is 12.6. The Balaban J connectivity index is 1.34. The molecular formula is C19H23N3OS. The van der Waals surface area contributed by atoms with E-state index in [1.807, 2.05) is 11.1 Å². The Morgan fingerprint density at radius 3 is 3.08 bits per heavy atom. The quantitative estimate of drug-likeness (QED) is 0.867. The second-order valence-corrected chi connectivity index (χ2v) is 7.77. The molecule has 1 unspecified atom stereocenters. The minimum atomic E-state index is 0.247. The van der Waals surface area contributed by atoms with Crippen LogP contribution in [-0.4, -0.2) is 39.6 Å². The number of piperidine rings is 1. The smallest absolute Gasteiger partial charge is 0.232 e. The highest BCUT2D eigenvalue weighted by atomic mass is 32.2. The molecule has 1 fully saturated rings. The molecule has 0 saturated carbocycles. The molecule has 1 aromatic carbocycles. The van der Waals surface area contributed by atoms with E-state index in [4.69, 9.17) is 0 Å². The van der Waals surface area contributed by atoms with Crippen molar-refractivity contribution in [3.8, 4) is 0 Å². The van der Waals surface area contributed by atoms with Crippen LogP contribution in [0.3, 0.4) is 0 Å². The fourth-order valence-corrected chi connectivity index (χ4v) is 4.66. The molecule has 24 heavy (non-hydrogen) atoms. The number of likely N-dealkylation sites (tertiary alicyclic amines) is 1. The molecular weight excluding hydrogens is 318 g/mol. The van der Waals surface area contributed by atoms with Crippen LogP contribution < -0.4 is 0 Å². The maximum absolute atomic E-state index is 12.6. The molecule has 1 amide bonds. The van der Waals surface area contributed by atoms with Crippen molar-refractivity contribution in [2.45, 2.75) is 42.9 Å². The van der Waals surface area contributed by atoms with Gasteiger partial charge in [0.25, 0.3) is 0 Å². The van der Waals surface area contributed by atoms with E-state index in [9.17, 15) is 4.79 Å². The van der Waals surface area contributed by atoms with Crippen LogP contribution in [0.1, 0.15) is 42.1 Å². The molecule has 126 valence electrons. The number of aromatic nitrogens is 2. The van der Waals surface area contributed by atoms with Crippen LogP contribution in [0.5, 0.6) is 0 Å². The number of hydrogen-bond donors (Lipinski definition) is 1. The number of benzene rings is 1. The molecule has 1 aliphatic carbocycles. The number of rotatable bonds is 4. The average Bonchev–Trinajstić information content (AvgIpc) is 3.30. The number of carbonyl (C=O) groups excluding carboxylic acids is 1. The number of aromatic amines is 1. The lowest BCUT2D eigenvalue weighted by Gasteiger charge is -2.31. The molecule has 2 aliphatic rings. The van der Waals surface area contributed by atoms with E-state index in [1.165, 1.54) is 35.3 Å². The second-order valence-electron chi connectivity index (χ2n) is 6.73. The van der Waals surface area contributed by atoms with E-state index in [0.717, 1.165) is 31.8 Å². The zero-order valence-electron chi connectivity index (χ0n) is 13.8. The first-order chi connectivity index (χ1) is 11.8. The van der Waals surface area contributed by atoms with Crippen LogP contribution in [0.15, 0.2) is 35.5 Å². The van der Waals surface area contributed by atoms with E-state index >= 15 is 0 Å². The molecule has 1 atom stereocenters. The van der Waals surface area contributed by atoms with Gasteiger partial charge in [0.2, 0.25) is 5.91 Å². The Morgan fingerprint density at radius 2 is 2.21 bits per heavy atom. The summed E-state index contributed by atoms with van der Waals surface area (Å²) in [5.41, 5.74) is 2.96. The molecule has 1 aliphatic heterocycles. The fourth-order valence-electron chi connectivity index (χ4n) is 3.80. The van der Waals surface area contributed by atoms with Crippen molar-refractivity contribution in [3.63, 3.8) is 0 Å². The van der Waals surface area contributed by atoms with Gasteiger partial charge in [0.05, 0.1) is 5.75 Å². The monoisotopic (exact) mass is 341 g/mol. The summed E-state index contributed by atoms with van der Waals surface area (Å²) in [6.07, 6.45) is 9.48. The number of hydrogen-bond acceptors (Lipinski definition) is 3. The first-order valence-corrected chi connectivity index (χ1v) is 9.80. The Bertz CT molecular complexity index is 713. The van der Waals surface area contributed by atoms with Crippen LogP contribution in [0.4, 0.5) is 0 Å². The van der Waals surface area contributed by atoms with Crippen LogP contribution in [0, 0.1) is 0 Å².